The van der Waals surface area contributed by atoms with Gasteiger partial charge < -0.3 is 5.32 Å². The van der Waals surface area contributed by atoms with Crippen LogP contribution in [0.1, 0.15) is 63.4 Å². The first-order valence-electron chi connectivity index (χ1n) is 8.05. The normalized spacial score (nSPS) is 29.7. The number of nitrogens with one attached hydrogen (secondary N) is 1. The molecule has 2 atom stereocenters. The van der Waals surface area contributed by atoms with E-state index in [4.69, 9.17) is 0 Å². The van der Waals surface area contributed by atoms with Gasteiger partial charge >= 0.3 is 0 Å². The number of rotatable bonds is 4. The molecule has 0 aromatic heterocycles. The smallest absolute Gasteiger partial charge is 0.0136 e. The van der Waals surface area contributed by atoms with Crippen molar-refractivity contribution in [3.63, 3.8) is 0 Å². The van der Waals surface area contributed by atoms with Crippen molar-refractivity contribution in [2.24, 2.45) is 5.41 Å². The van der Waals surface area contributed by atoms with Crippen molar-refractivity contribution in [1.82, 2.24) is 5.32 Å². The highest BCUT2D eigenvalue weighted by Crippen LogP contribution is 2.40. The summed E-state index contributed by atoms with van der Waals surface area (Å²) in [4.78, 5) is 0. The summed E-state index contributed by atoms with van der Waals surface area (Å²) in [7, 11) is 0. The van der Waals surface area contributed by atoms with Crippen LogP contribution in [0.15, 0.2) is 30.3 Å². The van der Waals surface area contributed by atoms with Gasteiger partial charge in [0.2, 0.25) is 0 Å². The van der Waals surface area contributed by atoms with Gasteiger partial charge in [-0.3, -0.25) is 0 Å². The summed E-state index contributed by atoms with van der Waals surface area (Å²) in [6.07, 6.45) is 9.79. The fourth-order valence-electron chi connectivity index (χ4n) is 3.81. The van der Waals surface area contributed by atoms with Gasteiger partial charge in [0.1, 0.15) is 0 Å². The van der Waals surface area contributed by atoms with Gasteiger partial charge in [-0.2, -0.15) is 0 Å². The molecule has 0 amide bonds. The zero-order valence-corrected chi connectivity index (χ0v) is 12.2. The van der Waals surface area contributed by atoms with E-state index in [9.17, 15) is 0 Å². The molecule has 2 saturated carbocycles. The van der Waals surface area contributed by atoms with Crippen LogP contribution in [0.5, 0.6) is 0 Å². The first-order chi connectivity index (χ1) is 9.27. The number of hydrogen-bond acceptors (Lipinski definition) is 1. The SMILES string of the molecule is CC1(CNC2CCCCC2c2ccccc2)CCC1. The van der Waals surface area contributed by atoms with Crippen molar-refractivity contribution in [1.29, 1.82) is 0 Å². The van der Waals surface area contributed by atoms with Crippen LogP contribution in [0.3, 0.4) is 0 Å². The van der Waals surface area contributed by atoms with E-state index in [0.717, 1.165) is 5.92 Å². The van der Waals surface area contributed by atoms with Crippen molar-refractivity contribution < 1.29 is 0 Å². The Balaban J connectivity index is 1.64. The lowest BCUT2D eigenvalue weighted by molar-refractivity contribution is 0.142. The van der Waals surface area contributed by atoms with Crippen molar-refractivity contribution in [3.05, 3.63) is 35.9 Å². The summed E-state index contributed by atoms with van der Waals surface area (Å²) in [6.45, 7) is 3.67. The van der Waals surface area contributed by atoms with E-state index in [1.807, 2.05) is 0 Å². The van der Waals surface area contributed by atoms with Gasteiger partial charge in [-0.05, 0) is 42.6 Å². The molecule has 2 aliphatic rings. The highest BCUT2D eigenvalue weighted by atomic mass is 14.9. The topological polar surface area (TPSA) is 12.0 Å². The van der Waals surface area contributed by atoms with E-state index in [2.05, 4.69) is 42.6 Å². The molecule has 2 aliphatic carbocycles. The van der Waals surface area contributed by atoms with E-state index in [-0.39, 0.29) is 0 Å². The van der Waals surface area contributed by atoms with Crippen molar-refractivity contribution in [2.75, 3.05) is 6.54 Å². The van der Waals surface area contributed by atoms with E-state index in [0.29, 0.717) is 11.5 Å². The summed E-state index contributed by atoms with van der Waals surface area (Å²) >= 11 is 0. The molecule has 19 heavy (non-hydrogen) atoms. The van der Waals surface area contributed by atoms with Crippen LogP contribution in [0.4, 0.5) is 0 Å². The zero-order chi connectivity index (χ0) is 13.1. The number of benzene rings is 1. The summed E-state index contributed by atoms with van der Waals surface area (Å²) in [5.41, 5.74) is 2.14. The monoisotopic (exact) mass is 257 g/mol. The second-order valence-electron chi connectivity index (χ2n) is 6.95. The average molecular weight is 257 g/mol. The highest BCUT2D eigenvalue weighted by Gasteiger charge is 2.33. The quantitative estimate of drug-likeness (QED) is 0.838. The Morgan fingerprint density at radius 3 is 2.47 bits per heavy atom. The first kappa shape index (κ1) is 13.2. The molecule has 0 radical (unpaired) electrons. The van der Waals surface area contributed by atoms with E-state index in [1.54, 1.807) is 5.56 Å². The Morgan fingerprint density at radius 2 is 1.79 bits per heavy atom. The molecule has 104 valence electrons. The van der Waals surface area contributed by atoms with Gasteiger partial charge in [-0.1, -0.05) is 56.5 Å². The molecule has 0 spiro atoms. The highest BCUT2D eigenvalue weighted by molar-refractivity contribution is 5.22. The lowest BCUT2D eigenvalue weighted by atomic mass is 9.70. The summed E-state index contributed by atoms with van der Waals surface area (Å²) in [5.74, 6) is 0.735. The van der Waals surface area contributed by atoms with E-state index >= 15 is 0 Å². The van der Waals surface area contributed by atoms with Gasteiger partial charge in [0.25, 0.3) is 0 Å². The fraction of sp³-hybridized carbons (Fsp3) is 0.667. The molecule has 0 heterocycles. The van der Waals surface area contributed by atoms with Crippen LogP contribution in [0.2, 0.25) is 0 Å². The molecule has 0 saturated heterocycles. The standard InChI is InChI=1S/C18H27N/c1-18(12-7-13-18)14-19-17-11-6-5-10-16(17)15-8-3-2-4-9-15/h2-4,8-9,16-17,19H,5-7,10-14H2,1H3. The molecule has 1 N–H and O–H groups in total. The Kier molecular flexibility index (Phi) is 3.93. The molecule has 1 aromatic carbocycles. The third kappa shape index (κ3) is 3.02. The molecular formula is C18H27N. The van der Waals surface area contributed by atoms with Gasteiger partial charge in [-0.25, -0.2) is 0 Å². The molecule has 1 aromatic rings. The van der Waals surface area contributed by atoms with Crippen LogP contribution >= 0.6 is 0 Å². The van der Waals surface area contributed by atoms with Gasteiger partial charge in [0, 0.05) is 12.6 Å². The Bertz CT molecular complexity index is 393. The average Bonchev–Trinajstić information content (AvgIpc) is 2.44. The largest absolute Gasteiger partial charge is 0.313 e. The Hall–Kier alpha value is -0.820. The van der Waals surface area contributed by atoms with Crippen LogP contribution in [0, 0.1) is 5.41 Å². The number of hydrogen-bond donors (Lipinski definition) is 1. The zero-order valence-electron chi connectivity index (χ0n) is 12.2. The van der Waals surface area contributed by atoms with Gasteiger partial charge in [-0.15, -0.1) is 0 Å². The third-order valence-corrected chi connectivity index (χ3v) is 5.35. The minimum Gasteiger partial charge on any atom is -0.313 e. The maximum atomic E-state index is 3.91. The fourth-order valence-corrected chi connectivity index (χ4v) is 3.81. The van der Waals surface area contributed by atoms with Crippen molar-refractivity contribution >= 4 is 0 Å². The van der Waals surface area contributed by atoms with Crippen molar-refractivity contribution in [2.45, 2.75) is 63.8 Å². The first-order valence-corrected chi connectivity index (χ1v) is 8.05. The molecule has 3 rings (SSSR count). The van der Waals surface area contributed by atoms with Crippen LogP contribution in [-0.4, -0.2) is 12.6 Å². The molecule has 1 heteroatoms. The second kappa shape index (κ2) is 5.66. The Morgan fingerprint density at radius 1 is 1.05 bits per heavy atom. The molecular weight excluding hydrogens is 230 g/mol. The predicted octanol–water partition coefficient (Wildman–Crippen LogP) is 4.49. The summed E-state index contributed by atoms with van der Waals surface area (Å²) in [6, 6.07) is 11.8. The molecule has 2 unspecified atom stereocenters. The maximum absolute atomic E-state index is 3.91. The predicted molar refractivity (Wildman–Crippen MR) is 81.4 cm³/mol. The summed E-state index contributed by atoms with van der Waals surface area (Å²) < 4.78 is 0. The third-order valence-electron chi connectivity index (χ3n) is 5.35. The van der Waals surface area contributed by atoms with E-state index in [1.165, 1.54) is 51.5 Å². The van der Waals surface area contributed by atoms with Crippen LogP contribution in [0.25, 0.3) is 0 Å². The van der Waals surface area contributed by atoms with Gasteiger partial charge in [0.05, 0.1) is 0 Å². The van der Waals surface area contributed by atoms with Crippen molar-refractivity contribution in [3.8, 4) is 0 Å². The van der Waals surface area contributed by atoms with Gasteiger partial charge in [0.15, 0.2) is 0 Å². The Labute approximate surface area is 117 Å². The van der Waals surface area contributed by atoms with Crippen LogP contribution in [-0.2, 0) is 0 Å². The van der Waals surface area contributed by atoms with E-state index < -0.39 is 0 Å². The maximum Gasteiger partial charge on any atom is 0.0136 e. The van der Waals surface area contributed by atoms with Crippen LogP contribution < -0.4 is 5.32 Å². The minimum absolute atomic E-state index is 0.596. The molecule has 2 fully saturated rings. The summed E-state index contributed by atoms with van der Waals surface area (Å²) in [5, 5.41) is 3.91. The molecule has 0 aliphatic heterocycles. The lowest BCUT2D eigenvalue weighted by Crippen LogP contribution is -2.45. The molecule has 0 bridgehead atoms. The lowest BCUT2D eigenvalue weighted by Gasteiger charge is -2.42. The second-order valence-corrected chi connectivity index (χ2v) is 6.95. The minimum atomic E-state index is 0.596. The molecule has 1 nitrogen and oxygen atoms in total.